The predicted octanol–water partition coefficient (Wildman–Crippen LogP) is 1.22. The molecule has 2 aliphatic rings. The second-order valence-corrected chi connectivity index (χ2v) is 3.98. The molecule has 3 heteroatoms. The molecule has 0 aliphatic carbocycles. The van der Waals surface area contributed by atoms with Gasteiger partial charge in [-0.15, -0.1) is 0 Å². The van der Waals surface area contributed by atoms with Gasteiger partial charge in [0, 0.05) is 35.8 Å². The van der Waals surface area contributed by atoms with Crippen LogP contribution in [0, 0.1) is 24.3 Å². The van der Waals surface area contributed by atoms with Gasteiger partial charge in [0.05, 0.1) is 6.34 Å². The lowest BCUT2D eigenvalue weighted by Crippen LogP contribution is -2.40. The van der Waals surface area contributed by atoms with E-state index in [-0.39, 0.29) is 0 Å². The maximum absolute atomic E-state index is 4.06. The fourth-order valence-electron chi connectivity index (χ4n) is 1.68. The Kier molecular flexibility index (Phi) is 2.35. The summed E-state index contributed by atoms with van der Waals surface area (Å²) in [5.74, 6) is 6.99. The van der Waals surface area contributed by atoms with Crippen molar-refractivity contribution in [1.82, 2.24) is 5.32 Å². The first-order valence-electron chi connectivity index (χ1n) is 5.39. The van der Waals surface area contributed by atoms with E-state index in [0.717, 1.165) is 29.9 Å². The lowest BCUT2D eigenvalue weighted by molar-refractivity contribution is 0.432. The van der Waals surface area contributed by atoms with E-state index in [1.807, 2.05) is 18.7 Å². The Labute approximate surface area is 95.0 Å². The topological polar surface area (TPSA) is 36.4 Å². The number of anilines is 1. The molecule has 0 saturated carbocycles. The van der Waals surface area contributed by atoms with Crippen LogP contribution in [0.2, 0.25) is 0 Å². The first-order chi connectivity index (χ1) is 7.92. The highest BCUT2D eigenvalue weighted by molar-refractivity contribution is 5.81. The third-order valence-corrected chi connectivity index (χ3v) is 2.76. The molecule has 0 amide bonds. The summed E-state index contributed by atoms with van der Waals surface area (Å²) in [6.07, 6.45) is 1.69. The molecule has 3 nitrogen and oxygen atoms in total. The third kappa shape index (κ3) is 1.80. The summed E-state index contributed by atoms with van der Waals surface area (Å²) in [5, 5.41) is 6.31. The van der Waals surface area contributed by atoms with Crippen molar-refractivity contribution in [3.05, 3.63) is 35.9 Å². The number of rotatable bonds is 0. The number of hydrogen-bond acceptors (Lipinski definition) is 3. The molecule has 1 saturated heterocycles. The Balaban J connectivity index is 1.82. The van der Waals surface area contributed by atoms with Crippen molar-refractivity contribution in [1.29, 1.82) is 0 Å². The number of hydrogen-bond donors (Lipinski definition) is 2. The maximum Gasteiger partial charge on any atom is 0.105 e. The summed E-state index contributed by atoms with van der Waals surface area (Å²) in [7, 11) is 0. The molecule has 79 valence electrons. The number of nitrogens with zero attached hydrogens (tertiary/aromatic N) is 1. The van der Waals surface area contributed by atoms with Gasteiger partial charge in [-0.05, 0) is 18.2 Å². The highest BCUT2D eigenvalue weighted by Gasteiger charge is 2.12. The normalized spacial score (nSPS) is 17.8. The van der Waals surface area contributed by atoms with Crippen LogP contribution in [0.1, 0.15) is 11.1 Å². The second kappa shape index (κ2) is 3.99. The quantitative estimate of drug-likeness (QED) is 0.632. The van der Waals surface area contributed by atoms with Crippen LogP contribution in [0.4, 0.5) is 5.69 Å². The van der Waals surface area contributed by atoms with E-state index in [1.54, 1.807) is 6.34 Å². The lowest BCUT2D eigenvalue weighted by Gasteiger charge is -2.21. The van der Waals surface area contributed by atoms with Crippen LogP contribution in [0.25, 0.3) is 0 Å². The zero-order chi connectivity index (χ0) is 10.8. The lowest BCUT2D eigenvalue weighted by atomic mass is 10.0. The highest BCUT2D eigenvalue weighted by Crippen LogP contribution is 2.21. The fourth-order valence-corrected chi connectivity index (χ4v) is 1.68. The molecular formula is C13H12N3. The number of fused-ring (bicyclic) bond motifs is 1. The van der Waals surface area contributed by atoms with E-state index >= 15 is 0 Å². The molecule has 2 aliphatic heterocycles. The molecule has 16 heavy (non-hydrogen) atoms. The van der Waals surface area contributed by atoms with Crippen molar-refractivity contribution < 1.29 is 0 Å². The number of benzene rings is 1. The smallest absolute Gasteiger partial charge is 0.105 e. The summed E-state index contributed by atoms with van der Waals surface area (Å²) in [6.45, 7) is 3.90. The van der Waals surface area contributed by atoms with E-state index in [1.165, 1.54) is 0 Å². The molecule has 1 fully saturated rings. The number of nitrogens with one attached hydrogen (secondary N) is 2. The molecule has 1 aromatic carbocycles. The molecule has 0 spiro atoms. The zero-order valence-electron chi connectivity index (χ0n) is 8.83. The standard InChI is InChI=1S/C13H12N3/c1(2-11-6-14-7-11)10-3-4-13-12(5-10)8-15-9-16-13/h3-5,8-9,11,14H,6-7H2,(H,15,16). The molecule has 1 aromatic rings. The van der Waals surface area contributed by atoms with Crippen LogP contribution < -0.4 is 10.6 Å². The molecule has 3 rings (SSSR count). The van der Waals surface area contributed by atoms with Gasteiger partial charge in [0.2, 0.25) is 0 Å². The van der Waals surface area contributed by atoms with E-state index in [9.17, 15) is 0 Å². The average Bonchev–Trinajstić information content (AvgIpc) is 2.27. The van der Waals surface area contributed by atoms with Gasteiger partial charge in [-0.25, -0.2) is 0 Å². The van der Waals surface area contributed by atoms with Gasteiger partial charge in [-0.2, -0.15) is 0 Å². The molecule has 0 atom stereocenters. The third-order valence-electron chi connectivity index (χ3n) is 2.76. The van der Waals surface area contributed by atoms with E-state index in [4.69, 9.17) is 0 Å². The average molecular weight is 210 g/mol. The van der Waals surface area contributed by atoms with Crippen molar-refractivity contribution >= 4 is 12.0 Å². The molecule has 0 aromatic heterocycles. The Hall–Kier alpha value is -1.79. The van der Waals surface area contributed by atoms with Gasteiger partial charge < -0.3 is 10.6 Å². The van der Waals surface area contributed by atoms with Crippen molar-refractivity contribution in [2.24, 2.45) is 10.9 Å². The van der Waals surface area contributed by atoms with Gasteiger partial charge in [-0.3, -0.25) is 4.99 Å². The van der Waals surface area contributed by atoms with Crippen LogP contribution in [-0.2, 0) is 0 Å². The van der Waals surface area contributed by atoms with Gasteiger partial charge in [0.25, 0.3) is 0 Å². The first kappa shape index (κ1) is 9.44. The minimum Gasteiger partial charge on any atom is -0.346 e. The van der Waals surface area contributed by atoms with Crippen LogP contribution in [-0.4, -0.2) is 19.4 Å². The van der Waals surface area contributed by atoms with Crippen LogP contribution >= 0.6 is 0 Å². The van der Waals surface area contributed by atoms with Crippen molar-refractivity contribution in [2.45, 2.75) is 0 Å². The monoisotopic (exact) mass is 210 g/mol. The highest BCUT2D eigenvalue weighted by atomic mass is 15.0. The Morgan fingerprint density at radius 3 is 3.06 bits per heavy atom. The van der Waals surface area contributed by atoms with Crippen LogP contribution in [0.15, 0.2) is 23.2 Å². The van der Waals surface area contributed by atoms with Crippen molar-refractivity contribution in [3.8, 4) is 11.8 Å². The Morgan fingerprint density at radius 1 is 1.31 bits per heavy atom. The minimum absolute atomic E-state index is 0.524. The summed E-state index contributed by atoms with van der Waals surface area (Å²) in [6, 6.07) is 6.15. The molecular weight excluding hydrogens is 198 g/mol. The molecule has 0 unspecified atom stereocenters. The summed E-state index contributed by atoms with van der Waals surface area (Å²) >= 11 is 0. The number of aliphatic imine (C=N–C) groups is 1. The van der Waals surface area contributed by atoms with E-state index in [2.05, 4.69) is 33.5 Å². The van der Waals surface area contributed by atoms with E-state index < -0.39 is 0 Å². The largest absolute Gasteiger partial charge is 0.346 e. The molecule has 2 heterocycles. The summed E-state index contributed by atoms with van der Waals surface area (Å²) in [4.78, 5) is 4.06. The Morgan fingerprint density at radius 2 is 2.25 bits per heavy atom. The fraction of sp³-hybridized carbons (Fsp3) is 0.231. The first-order valence-corrected chi connectivity index (χ1v) is 5.39. The molecule has 2 N–H and O–H groups in total. The van der Waals surface area contributed by atoms with Gasteiger partial charge in [-0.1, -0.05) is 11.8 Å². The van der Waals surface area contributed by atoms with Crippen LogP contribution in [0.3, 0.4) is 0 Å². The Bertz CT molecular complexity index is 490. The summed E-state index contributed by atoms with van der Waals surface area (Å²) in [5.41, 5.74) is 3.24. The van der Waals surface area contributed by atoms with Crippen molar-refractivity contribution in [2.75, 3.05) is 18.4 Å². The molecule has 1 radical (unpaired) electrons. The molecule has 0 bridgehead atoms. The van der Waals surface area contributed by atoms with Gasteiger partial charge >= 0.3 is 0 Å². The summed E-state index contributed by atoms with van der Waals surface area (Å²) < 4.78 is 0. The maximum atomic E-state index is 4.06. The SMILES string of the molecule is C(#CC1CNC1)c1ccc2c(c1)[CH]N=CN2. The van der Waals surface area contributed by atoms with Gasteiger partial charge in [0.15, 0.2) is 0 Å². The predicted molar refractivity (Wildman–Crippen MR) is 65.2 cm³/mol. The zero-order valence-corrected chi connectivity index (χ0v) is 8.83. The van der Waals surface area contributed by atoms with Gasteiger partial charge in [0.1, 0.15) is 6.54 Å². The van der Waals surface area contributed by atoms with Crippen molar-refractivity contribution in [3.63, 3.8) is 0 Å². The minimum atomic E-state index is 0.524. The van der Waals surface area contributed by atoms with Crippen LogP contribution in [0.5, 0.6) is 0 Å². The second-order valence-electron chi connectivity index (χ2n) is 3.98. The van der Waals surface area contributed by atoms with E-state index in [0.29, 0.717) is 5.92 Å².